The zero-order valence-electron chi connectivity index (χ0n) is 15.9. The number of ether oxygens (including phenoxy) is 1. The summed E-state index contributed by atoms with van der Waals surface area (Å²) in [5.41, 5.74) is 3.71. The molecule has 0 radical (unpaired) electrons. The molecule has 2 aromatic carbocycles. The Morgan fingerprint density at radius 3 is 2.16 bits per heavy atom. The van der Waals surface area contributed by atoms with Crippen molar-refractivity contribution in [3.8, 4) is 5.75 Å². The van der Waals surface area contributed by atoms with Crippen molar-refractivity contribution in [3.63, 3.8) is 0 Å². The molecule has 0 aliphatic heterocycles. The highest BCUT2D eigenvalue weighted by molar-refractivity contribution is 5.76. The molecule has 1 amide bonds. The van der Waals surface area contributed by atoms with E-state index in [0.717, 1.165) is 23.3 Å². The SMILES string of the molecule is COc1ccc(CCC(=O)N[C@@H](C)c2ccc(C(C)(C)C)cc2)cc1. The lowest BCUT2D eigenvalue weighted by molar-refractivity contribution is -0.121. The van der Waals surface area contributed by atoms with Crippen molar-refractivity contribution in [3.05, 3.63) is 65.2 Å². The van der Waals surface area contributed by atoms with E-state index in [1.807, 2.05) is 31.2 Å². The van der Waals surface area contributed by atoms with Crippen LogP contribution in [0.15, 0.2) is 48.5 Å². The average Bonchev–Trinajstić information content (AvgIpc) is 2.59. The Hall–Kier alpha value is -2.29. The summed E-state index contributed by atoms with van der Waals surface area (Å²) in [7, 11) is 1.65. The zero-order valence-corrected chi connectivity index (χ0v) is 15.9. The highest BCUT2D eigenvalue weighted by Gasteiger charge is 2.15. The predicted molar refractivity (Wildman–Crippen MR) is 103 cm³/mol. The predicted octanol–water partition coefficient (Wildman–Crippen LogP) is 4.80. The number of nitrogens with one attached hydrogen (secondary N) is 1. The first-order valence-corrected chi connectivity index (χ1v) is 8.82. The third kappa shape index (κ3) is 5.63. The molecule has 0 heterocycles. The average molecular weight is 339 g/mol. The highest BCUT2D eigenvalue weighted by Crippen LogP contribution is 2.24. The molecule has 2 aromatic rings. The Balaban J connectivity index is 1.86. The Kier molecular flexibility index (Phi) is 6.24. The van der Waals surface area contributed by atoms with E-state index >= 15 is 0 Å². The number of hydrogen-bond donors (Lipinski definition) is 1. The van der Waals surface area contributed by atoms with Gasteiger partial charge in [-0.3, -0.25) is 4.79 Å². The smallest absolute Gasteiger partial charge is 0.220 e. The molecule has 0 spiro atoms. The summed E-state index contributed by atoms with van der Waals surface area (Å²) in [5, 5.41) is 3.08. The molecule has 3 heteroatoms. The Morgan fingerprint density at radius 1 is 1.04 bits per heavy atom. The molecule has 0 saturated heterocycles. The Morgan fingerprint density at radius 2 is 1.64 bits per heavy atom. The fourth-order valence-electron chi connectivity index (χ4n) is 2.72. The summed E-state index contributed by atoms with van der Waals surface area (Å²) in [5.74, 6) is 0.906. The van der Waals surface area contributed by atoms with E-state index in [1.165, 1.54) is 5.56 Å². The molecular formula is C22H29NO2. The van der Waals surface area contributed by atoms with Crippen molar-refractivity contribution in [2.75, 3.05) is 7.11 Å². The molecule has 1 N–H and O–H groups in total. The topological polar surface area (TPSA) is 38.3 Å². The Labute approximate surface area is 151 Å². The van der Waals surface area contributed by atoms with E-state index in [0.29, 0.717) is 6.42 Å². The molecule has 0 aromatic heterocycles. The number of rotatable bonds is 6. The monoisotopic (exact) mass is 339 g/mol. The molecule has 0 saturated carbocycles. The van der Waals surface area contributed by atoms with Crippen LogP contribution in [0.2, 0.25) is 0 Å². The number of amides is 1. The highest BCUT2D eigenvalue weighted by atomic mass is 16.5. The third-order valence-electron chi connectivity index (χ3n) is 4.45. The van der Waals surface area contributed by atoms with Crippen LogP contribution in [0.25, 0.3) is 0 Å². The van der Waals surface area contributed by atoms with Gasteiger partial charge in [-0.25, -0.2) is 0 Å². The number of carbonyl (C=O) groups excluding carboxylic acids is 1. The van der Waals surface area contributed by atoms with Gasteiger partial charge in [-0.15, -0.1) is 0 Å². The fourth-order valence-corrected chi connectivity index (χ4v) is 2.72. The first-order valence-electron chi connectivity index (χ1n) is 8.82. The molecule has 3 nitrogen and oxygen atoms in total. The van der Waals surface area contributed by atoms with Gasteiger partial charge in [0.25, 0.3) is 0 Å². The first-order chi connectivity index (χ1) is 11.8. The summed E-state index contributed by atoms with van der Waals surface area (Å²) < 4.78 is 5.15. The van der Waals surface area contributed by atoms with Crippen molar-refractivity contribution in [2.24, 2.45) is 0 Å². The lowest BCUT2D eigenvalue weighted by Crippen LogP contribution is -2.26. The van der Waals surface area contributed by atoms with Crippen LogP contribution >= 0.6 is 0 Å². The normalized spacial score (nSPS) is 12.5. The van der Waals surface area contributed by atoms with Crippen LogP contribution in [0.1, 0.15) is 56.8 Å². The molecule has 1 atom stereocenters. The second-order valence-electron chi connectivity index (χ2n) is 7.51. The number of methoxy groups -OCH3 is 1. The second-order valence-corrected chi connectivity index (χ2v) is 7.51. The van der Waals surface area contributed by atoms with Gasteiger partial charge in [0, 0.05) is 6.42 Å². The van der Waals surface area contributed by atoms with Crippen molar-refractivity contribution in [1.29, 1.82) is 0 Å². The number of benzene rings is 2. The number of aryl methyl sites for hydroxylation is 1. The van der Waals surface area contributed by atoms with Gasteiger partial charge in [-0.2, -0.15) is 0 Å². The quantitative estimate of drug-likeness (QED) is 0.821. The van der Waals surface area contributed by atoms with Crippen LogP contribution < -0.4 is 10.1 Å². The summed E-state index contributed by atoms with van der Waals surface area (Å²) in [6.45, 7) is 8.63. The summed E-state index contributed by atoms with van der Waals surface area (Å²) in [6, 6.07) is 16.4. The molecule has 2 rings (SSSR count). The van der Waals surface area contributed by atoms with Gasteiger partial charge in [0.2, 0.25) is 5.91 Å². The molecule has 0 unspecified atom stereocenters. The molecule has 0 fully saturated rings. The molecule has 134 valence electrons. The van der Waals surface area contributed by atoms with Gasteiger partial charge in [0.05, 0.1) is 13.2 Å². The fraction of sp³-hybridized carbons (Fsp3) is 0.409. The maximum absolute atomic E-state index is 12.2. The van der Waals surface area contributed by atoms with Crippen LogP contribution in [0, 0.1) is 0 Å². The summed E-state index contributed by atoms with van der Waals surface area (Å²) >= 11 is 0. The van der Waals surface area contributed by atoms with Crippen LogP contribution in [0.3, 0.4) is 0 Å². The van der Waals surface area contributed by atoms with Gasteiger partial charge in [0.15, 0.2) is 0 Å². The van der Waals surface area contributed by atoms with E-state index in [-0.39, 0.29) is 17.4 Å². The van der Waals surface area contributed by atoms with Crippen LogP contribution in [0.4, 0.5) is 0 Å². The van der Waals surface area contributed by atoms with E-state index < -0.39 is 0 Å². The number of carbonyl (C=O) groups is 1. The molecule has 0 aliphatic carbocycles. The van der Waals surface area contributed by atoms with E-state index in [2.05, 4.69) is 50.4 Å². The van der Waals surface area contributed by atoms with Gasteiger partial charge in [-0.1, -0.05) is 57.2 Å². The maximum Gasteiger partial charge on any atom is 0.220 e. The van der Waals surface area contributed by atoms with Gasteiger partial charge >= 0.3 is 0 Å². The van der Waals surface area contributed by atoms with E-state index in [9.17, 15) is 4.79 Å². The van der Waals surface area contributed by atoms with Crippen molar-refractivity contribution < 1.29 is 9.53 Å². The lowest BCUT2D eigenvalue weighted by atomic mass is 9.86. The van der Waals surface area contributed by atoms with Crippen LogP contribution in [-0.2, 0) is 16.6 Å². The first kappa shape index (κ1) is 19.0. The minimum absolute atomic E-state index is 0.0115. The van der Waals surface area contributed by atoms with Gasteiger partial charge in [0.1, 0.15) is 5.75 Å². The number of hydrogen-bond acceptors (Lipinski definition) is 2. The summed E-state index contributed by atoms with van der Waals surface area (Å²) in [6.07, 6.45) is 1.21. The minimum atomic E-state index is 0.0115. The minimum Gasteiger partial charge on any atom is -0.497 e. The van der Waals surface area contributed by atoms with Gasteiger partial charge < -0.3 is 10.1 Å². The van der Waals surface area contributed by atoms with E-state index in [4.69, 9.17) is 4.74 Å². The largest absolute Gasteiger partial charge is 0.497 e. The standard InChI is InChI=1S/C22H29NO2/c1-16(18-9-11-19(12-10-18)22(2,3)4)23-21(24)15-8-17-6-13-20(25-5)14-7-17/h6-7,9-14,16H,8,15H2,1-5H3,(H,23,24)/t16-/m0/s1. The molecular weight excluding hydrogens is 310 g/mol. The van der Waals surface area contributed by atoms with Crippen molar-refractivity contribution >= 4 is 5.91 Å². The zero-order chi connectivity index (χ0) is 18.4. The van der Waals surface area contributed by atoms with Crippen LogP contribution in [-0.4, -0.2) is 13.0 Å². The molecule has 0 bridgehead atoms. The second kappa shape index (κ2) is 8.19. The molecule has 0 aliphatic rings. The van der Waals surface area contributed by atoms with Crippen LogP contribution in [0.5, 0.6) is 5.75 Å². The van der Waals surface area contributed by atoms with Crippen molar-refractivity contribution in [1.82, 2.24) is 5.32 Å². The van der Waals surface area contributed by atoms with Gasteiger partial charge in [-0.05, 0) is 47.6 Å². The lowest BCUT2D eigenvalue weighted by Gasteiger charge is -2.20. The summed E-state index contributed by atoms with van der Waals surface area (Å²) in [4.78, 5) is 12.2. The third-order valence-corrected chi connectivity index (χ3v) is 4.45. The maximum atomic E-state index is 12.2. The van der Waals surface area contributed by atoms with E-state index in [1.54, 1.807) is 7.11 Å². The van der Waals surface area contributed by atoms with Crippen molar-refractivity contribution in [2.45, 2.75) is 52.0 Å². The Bertz CT molecular complexity index is 681. The molecule has 25 heavy (non-hydrogen) atoms.